The first kappa shape index (κ1) is 39.1. The van der Waals surface area contributed by atoms with Crippen molar-refractivity contribution < 1.29 is 33.8 Å². The van der Waals surface area contributed by atoms with Crippen molar-refractivity contribution in [2.75, 3.05) is 6.54 Å². The lowest BCUT2D eigenvalue weighted by Gasteiger charge is -2.32. The third-order valence-electron chi connectivity index (χ3n) is 7.73. The van der Waals surface area contributed by atoms with Gasteiger partial charge in [-0.25, -0.2) is 4.79 Å². The Balaban J connectivity index is 3.10. The van der Waals surface area contributed by atoms with Gasteiger partial charge in [-0.05, 0) is 58.3 Å². The second-order valence-electron chi connectivity index (χ2n) is 13.8. The lowest BCUT2D eigenvalue weighted by molar-refractivity contribution is -0.133. The molecule has 0 heterocycles. The van der Waals surface area contributed by atoms with Crippen molar-refractivity contribution in [3.8, 4) is 0 Å². The SMILES string of the molecule is CCCCNC(=O)[C@H](C)C[C@H](O)[C@H](CC1CCCCC1)NC(=O)[C@H](CC(N)=O)NC(=O)[C@H](CC(C)C)NC(=O)OC(C)(C)C. The molecule has 0 radical (unpaired) electrons. The molecule has 1 rings (SSSR count). The standard InChI is InChI=1S/C32H59N5O7/c1-8-9-15-34-28(40)21(4)17-26(38)23(18-22-13-11-10-12-14-22)35-30(42)25(19-27(33)39)36-29(41)24(16-20(2)3)37-31(43)44-32(5,6)7/h20-26,38H,8-19H2,1-7H3,(H2,33,39)(H,34,40)(H,35,42)(H,36,41)(H,37,43)/t21-,23+,24+,25+,26+/m1/s1. The largest absolute Gasteiger partial charge is 0.444 e. The van der Waals surface area contributed by atoms with Crippen LogP contribution in [0.4, 0.5) is 4.79 Å². The average Bonchev–Trinajstić information content (AvgIpc) is 2.90. The molecule has 5 atom stereocenters. The molecule has 0 saturated heterocycles. The lowest BCUT2D eigenvalue weighted by Crippen LogP contribution is -2.57. The normalized spacial score (nSPS) is 17.5. The number of nitrogens with one attached hydrogen (secondary N) is 4. The number of hydrogen-bond acceptors (Lipinski definition) is 7. The molecule has 44 heavy (non-hydrogen) atoms. The first-order valence-electron chi connectivity index (χ1n) is 16.4. The zero-order valence-corrected chi connectivity index (χ0v) is 28.0. The van der Waals surface area contributed by atoms with Gasteiger partial charge in [-0.2, -0.15) is 0 Å². The van der Waals surface area contributed by atoms with E-state index in [1.807, 2.05) is 20.8 Å². The summed E-state index contributed by atoms with van der Waals surface area (Å²) < 4.78 is 5.30. The first-order valence-corrected chi connectivity index (χ1v) is 16.4. The van der Waals surface area contributed by atoms with E-state index in [4.69, 9.17) is 10.5 Å². The number of aliphatic hydroxyl groups is 1. The predicted molar refractivity (Wildman–Crippen MR) is 169 cm³/mol. The number of nitrogens with two attached hydrogens (primary N) is 1. The Labute approximate surface area is 263 Å². The zero-order valence-electron chi connectivity index (χ0n) is 28.0. The molecular formula is C32H59N5O7. The minimum atomic E-state index is -1.33. The fraction of sp³-hybridized carbons (Fsp3) is 0.844. The summed E-state index contributed by atoms with van der Waals surface area (Å²) in [5, 5.41) is 22.2. The van der Waals surface area contributed by atoms with Crippen LogP contribution in [0.25, 0.3) is 0 Å². The van der Waals surface area contributed by atoms with Crippen LogP contribution in [0.2, 0.25) is 0 Å². The highest BCUT2D eigenvalue weighted by atomic mass is 16.6. The summed E-state index contributed by atoms with van der Waals surface area (Å²) in [6.45, 7) is 13.2. The summed E-state index contributed by atoms with van der Waals surface area (Å²) in [5.41, 5.74) is 4.67. The summed E-state index contributed by atoms with van der Waals surface area (Å²) in [6, 6.07) is -3.05. The van der Waals surface area contributed by atoms with Crippen molar-refractivity contribution in [2.45, 2.75) is 149 Å². The molecule has 0 unspecified atom stereocenters. The summed E-state index contributed by atoms with van der Waals surface area (Å²) in [5.74, 6) is -2.47. The molecule has 1 aliphatic carbocycles. The van der Waals surface area contributed by atoms with Crippen LogP contribution in [0.3, 0.4) is 0 Å². The monoisotopic (exact) mass is 625 g/mol. The number of amides is 5. The van der Waals surface area contributed by atoms with E-state index in [0.29, 0.717) is 13.0 Å². The molecule has 0 spiro atoms. The van der Waals surface area contributed by atoms with Gasteiger partial charge in [0.05, 0.1) is 18.6 Å². The number of hydrogen-bond donors (Lipinski definition) is 6. The summed E-state index contributed by atoms with van der Waals surface area (Å²) in [6.07, 6.45) is 5.66. The van der Waals surface area contributed by atoms with E-state index >= 15 is 0 Å². The number of aliphatic hydroxyl groups excluding tert-OH is 1. The van der Waals surface area contributed by atoms with E-state index in [2.05, 4.69) is 21.3 Å². The topological polar surface area (TPSA) is 189 Å². The fourth-order valence-corrected chi connectivity index (χ4v) is 5.41. The Hall–Kier alpha value is -2.89. The molecule has 254 valence electrons. The Morgan fingerprint density at radius 3 is 2.05 bits per heavy atom. The molecule has 1 fully saturated rings. The van der Waals surface area contributed by atoms with Crippen LogP contribution in [0, 0.1) is 17.8 Å². The van der Waals surface area contributed by atoms with Gasteiger partial charge in [-0.15, -0.1) is 0 Å². The van der Waals surface area contributed by atoms with Crippen molar-refractivity contribution in [1.82, 2.24) is 21.3 Å². The number of alkyl carbamates (subject to hydrolysis) is 1. The van der Waals surface area contributed by atoms with E-state index < -0.39 is 66.0 Å². The maximum atomic E-state index is 13.6. The number of unbranched alkanes of at least 4 members (excludes halogenated alkanes) is 1. The molecule has 5 amide bonds. The predicted octanol–water partition coefficient (Wildman–Crippen LogP) is 3.04. The van der Waals surface area contributed by atoms with Gasteiger partial charge in [0.2, 0.25) is 23.6 Å². The molecule has 0 bridgehead atoms. The summed E-state index contributed by atoms with van der Waals surface area (Å²) in [7, 11) is 0. The van der Waals surface area contributed by atoms with Crippen molar-refractivity contribution in [3.63, 3.8) is 0 Å². The van der Waals surface area contributed by atoms with Crippen molar-refractivity contribution >= 4 is 29.7 Å². The molecule has 1 saturated carbocycles. The third kappa shape index (κ3) is 16.3. The van der Waals surface area contributed by atoms with E-state index in [1.54, 1.807) is 27.7 Å². The molecule has 0 aromatic carbocycles. The Bertz CT molecular complexity index is 930. The summed E-state index contributed by atoms with van der Waals surface area (Å²) >= 11 is 0. The van der Waals surface area contributed by atoms with Gasteiger partial charge >= 0.3 is 6.09 Å². The molecule has 12 heteroatoms. The highest BCUT2D eigenvalue weighted by Gasteiger charge is 2.34. The van der Waals surface area contributed by atoms with Crippen LogP contribution >= 0.6 is 0 Å². The quantitative estimate of drug-likeness (QED) is 0.126. The van der Waals surface area contributed by atoms with Crippen LogP contribution in [-0.4, -0.2) is 71.2 Å². The van der Waals surface area contributed by atoms with Crippen molar-refractivity contribution in [1.29, 1.82) is 0 Å². The van der Waals surface area contributed by atoms with Gasteiger partial charge in [-0.3, -0.25) is 19.2 Å². The Kier molecular flexibility index (Phi) is 17.3. The number of ether oxygens (including phenoxy) is 1. The van der Waals surface area contributed by atoms with Crippen LogP contribution in [-0.2, 0) is 23.9 Å². The molecule has 12 nitrogen and oxygen atoms in total. The van der Waals surface area contributed by atoms with E-state index in [-0.39, 0.29) is 30.6 Å². The van der Waals surface area contributed by atoms with E-state index in [9.17, 15) is 29.1 Å². The average molecular weight is 626 g/mol. The van der Waals surface area contributed by atoms with E-state index in [1.165, 1.54) is 0 Å². The van der Waals surface area contributed by atoms with Gasteiger partial charge in [0.15, 0.2) is 0 Å². The number of primary amides is 1. The number of rotatable bonds is 18. The highest BCUT2D eigenvalue weighted by Crippen LogP contribution is 2.29. The zero-order chi connectivity index (χ0) is 33.4. The van der Waals surface area contributed by atoms with Gasteiger partial charge < -0.3 is 36.8 Å². The van der Waals surface area contributed by atoms with Gasteiger partial charge in [0, 0.05) is 12.5 Å². The Morgan fingerprint density at radius 1 is 0.886 bits per heavy atom. The molecule has 0 aliphatic heterocycles. The minimum Gasteiger partial charge on any atom is -0.444 e. The van der Waals surface area contributed by atoms with Gasteiger partial charge in [0.25, 0.3) is 0 Å². The fourth-order valence-electron chi connectivity index (χ4n) is 5.41. The Morgan fingerprint density at radius 2 is 1.50 bits per heavy atom. The molecule has 0 aromatic rings. The minimum absolute atomic E-state index is 0.0142. The third-order valence-corrected chi connectivity index (χ3v) is 7.73. The van der Waals surface area contributed by atoms with Gasteiger partial charge in [-0.1, -0.05) is 66.2 Å². The van der Waals surface area contributed by atoms with E-state index in [0.717, 1.165) is 44.9 Å². The summed E-state index contributed by atoms with van der Waals surface area (Å²) in [4.78, 5) is 63.9. The van der Waals surface area contributed by atoms with Crippen LogP contribution in [0.1, 0.15) is 119 Å². The van der Waals surface area contributed by atoms with Crippen LogP contribution in [0.5, 0.6) is 0 Å². The number of carbonyl (C=O) groups excluding carboxylic acids is 5. The first-order chi connectivity index (χ1) is 20.5. The molecule has 7 N–H and O–H groups in total. The highest BCUT2D eigenvalue weighted by molar-refractivity contribution is 5.94. The van der Waals surface area contributed by atoms with Gasteiger partial charge in [0.1, 0.15) is 17.7 Å². The maximum absolute atomic E-state index is 13.6. The van der Waals surface area contributed by atoms with Crippen molar-refractivity contribution in [3.05, 3.63) is 0 Å². The molecule has 0 aromatic heterocycles. The maximum Gasteiger partial charge on any atom is 0.408 e. The lowest BCUT2D eigenvalue weighted by atomic mass is 9.82. The van der Waals surface area contributed by atoms with Crippen molar-refractivity contribution in [2.24, 2.45) is 23.5 Å². The molecular weight excluding hydrogens is 566 g/mol. The second-order valence-corrected chi connectivity index (χ2v) is 13.8. The van der Waals surface area contributed by atoms with Crippen LogP contribution in [0.15, 0.2) is 0 Å². The molecule has 1 aliphatic rings. The van der Waals surface area contributed by atoms with Crippen LogP contribution < -0.4 is 27.0 Å². The number of carbonyl (C=O) groups is 5. The second kappa shape index (κ2) is 19.5. The smallest absolute Gasteiger partial charge is 0.408 e.